The molecule has 0 saturated heterocycles. The van der Waals surface area contributed by atoms with E-state index in [4.69, 9.17) is 4.52 Å². The highest BCUT2D eigenvalue weighted by Gasteiger charge is 2.06. The number of anilines is 1. The number of halogens is 1. The molecule has 0 aliphatic heterocycles. The number of nitrogens with zero attached hydrogens (tertiary/aromatic N) is 1. The van der Waals surface area contributed by atoms with Crippen molar-refractivity contribution in [1.29, 1.82) is 0 Å². The molecule has 0 bridgehead atoms. The van der Waals surface area contributed by atoms with Crippen LogP contribution in [0.1, 0.15) is 5.56 Å². The van der Waals surface area contributed by atoms with Crippen molar-refractivity contribution in [3.8, 4) is 0 Å². The van der Waals surface area contributed by atoms with Gasteiger partial charge in [0.15, 0.2) is 11.4 Å². The summed E-state index contributed by atoms with van der Waals surface area (Å²) in [5, 5.41) is 8.02. The van der Waals surface area contributed by atoms with Crippen molar-refractivity contribution in [2.45, 2.75) is 6.54 Å². The molecule has 3 rings (SSSR count). The van der Waals surface area contributed by atoms with Crippen molar-refractivity contribution in [3.05, 3.63) is 59.9 Å². The van der Waals surface area contributed by atoms with Crippen LogP contribution in [0.5, 0.6) is 0 Å². The smallest absolute Gasteiger partial charge is 0.177 e. The van der Waals surface area contributed by atoms with Gasteiger partial charge in [0.25, 0.3) is 0 Å². The largest absolute Gasteiger partial charge is 0.363 e. The van der Waals surface area contributed by atoms with Crippen molar-refractivity contribution >= 4 is 16.8 Å². The first kappa shape index (κ1) is 10.8. The summed E-state index contributed by atoms with van der Waals surface area (Å²) in [5.41, 5.74) is 1.60. The maximum atomic E-state index is 13.0. The molecule has 0 radical (unpaired) electrons. The SMILES string of the molecule is Fc1cccc(CNc2noc3ccccc23)c1. The van der Waals surface area contributed by atoms with Gasteiger partial charge in [-0.3, -0.25) is 0 Å². The number of para-hydroxylation sites is 1. The Morgan fingerprint density at radius 2 is 2.00 bits per heavy atom. The van der Waals surface area contributed by atoms with Gasteiger partial charge in [-0.15, -0.1) is 0 Å². The average Bonchev–Trinajstić information content (AvgIpc) is 2.80. The third kappa shape index (κ3) is 2.05. The normalized spacial score (nSPS) is 10.7. The van der Waals surface area contributed by atoms with Crippen molar-refractivity contribution in [1.82, 2.24) is 5.16 Å². The van der Waals surface area contributed by atoms with Gasteiger partial charge in [-0.05, 0) is 29.8 Å². The van der Waals surface area contributed by atoms with Gasteiger partial charge in [0, 0.05) is 6.54 Å². The van der Waals surface area contributed by atoms with E-state index in [1.807, 2.05) is 30.3 Å². The van der Waals surface area contributed by atoms with Crippen molar-refractivity contribution in [2.24, 2.45) is 0 Å². The lowest BCUT2D eigenvalue weighted by molar-refractivity contribution is 0.459. The van der Waals surface area contributed by atoms with E-state index in [1.165, 1.54) is 12.1 Å². The fourth-order valence-electron chi connectivity index (χ4n) is 1.85. The second kappa shape index (κ2) is 4.49. The quantitative estimate of drug-likeness (QED) is 0.762. The molecule has 0 spiro atoms. The van der Waals surface area contributed by atoms with Crippen LogP contribution in [-0.4, -0.2) is 5.16 Å². The van der Waals surface area contributed by atoms with Crippen LogP contribution in [0.2, 0.25) is 0 Å². The number of benzene rings is 2. The van der Waals surface area contributed by atoms with Crippen LogP contribution in [0.3, 0.4) is 0 Å². The molecular weight excluding hydrogens is 231 g/mol. The number of hydrogen-bond donors (Lipinski definition) is 1. The minimum absolute atomic E-state index is 0.237. The van der Waals surface area contributed by atoms with Gasteiger partial charge in [0.2, 0.25) is 0 Å². The molecule has 90 valence electrons. The van der Waals surface area contributed by atoms with Crippen LogP contribution < -0.4 is 5.32 Å². The summed E-state index contributed by atoms with van der Waals surface area (Å²) < 4.78 is 18.2. The molecule has 4 heteroatoms. The predicted octanol–water partition coefficient (Wildman–Crippen LogP) is 3.58. The lowest BCUT2D eigenvalue weighted by Crippen LogP contribution is -2.00. The number of hydrogen-bond acceptors (Lipinski definition) is 3. The topological polar surface area (TPSA) is 38.1 Å². The van der Waals surface area contributed by atoms with Gasteiger partial charge >= 0.3 is 0 Å². The minimum atomic E-state index is -0.237. The molecule has 0 aliphatic carbocycles. The maximum Gasteiger partial charge on any atom is 0.177 e. The summed E-state index contributed by atoms with van der Waals surface area (Å²) in [4.78, 5) is 0. The van der Waals surface area contributed by atoms with E-state index in [0.717, 1.165) is 16.5 Å². The van der Waals surface area contributed by atoms with Gasteiger partial charge in [0.05, 0.1) is 5.39 Å². The van der Waals surface area contributed by atoms with E-state index >= 15 is 0 Å². The number of rotatable bonds is 3. The van der Waals surface area contributed by atoms with Gasteiger partial charge in [-0.1, -0.05) is 29.4 Å². The first-order valence-electron chi connectivity index (χ1n) is 5.66. The van der Waals surface area contributed by atoms with E-state index in [1.54, 1.807) is 6.07 Å². The van der Waals surface area contributed by atoms with E-state index in [0.29, 0.717) is 12.4 Å². The molecule has 0 atom stereocenters. The van der Waals surface area contributed by atoms with Gasteiger partial charge in [0.1, 0.15) is 5.82 Å². The zero-order chi connectivity index (χ0) is 12.4. The van der Waals surface area contributed by atoms with Crippen LogP contribution in [0.4, 0.5) is 10.2 Å². The summed E-state index contributed by atoms with van der Waals surface area (Å²) >= 11 is 0. The molecule has 1 N–H and O–H groups in total. The first-order chi connectivity index (χ1) is 8.83. The van der Waals surface area contributed by atoms with Crippen LogP contribution in [0.15, 0.2) is 53.1 Å². The Morgan fingerprint density at radius 1 is 1.11 bits per heavy atom. The zero-order valence-electron chi connectivity index (χ0n) is 9.56. The van der Waals surface area contributed by atoms with Crippen molar-refractivity contribution in [3.63, 3.8) is 0 Å². The third-order valence-corrected chi connectivity index (χ3v) is 2.73. The Morgan fingerprint density at radius 3 is 2.89 bits per heavy atom. The summed E-state index contributed by atoms with van der Waals surface area (Å²) in [6, 6.07) is 14.1. The van der Waals surface area contributed by atoms with Gasteiger partial charge in [-0.25, -0.2) is 4.39 Å². The number of nitrogens with one attached hydrogen (secondary N) is 1. The molecule has 18 heavy (non-hydrogen) atoms. The Bertz CT molecular complexity index is 678. The minimum Gasteiger partial charge on any atom is -0.363 e. The van der Waals surface area contributed by atoms with E-state index in [-0.39, 0.29) is 5.82 Å². The molecule has 0 unspecified atom stereocenters. The van der Waals surface area contributed by atoms with Crippen LogP contribution in [-0.2, 0) is 6.54 Å². The second-order valence-corrected chi connectivity index (χ2v) is 4.01. The lowest BCUT2D eigenvalue weighted by Gasteiger charge is -2.03. The fourth-order valence-corrected chi connectivity index (χ4v) is 1.85. The van der Waals surface area contributed by atoms with Crippen LogP contribution >= 0.6 is 0 Å². The zero-order valence-corrected chi connectivity index (χ0v) is 9.56. The average molecular weight is 242 g/mol. The molecule has 1 aromatic heterocycles. The van der Waals surface area contributed by atoms with E-state index in [9.17, 15) is 4.39 Å². The van der Waals surface area contributed by atoms with Gasteiger partial charge < -0.3 is 9.84 Å². The highest BCUT2D eigenvalue weighted by molar-refractivity contribution is 5.87. The van der Waals surface area contributed by atoms with E-state index in [2.05, 4.69) is 10.5 Å². The lowest BCUT2D eigenvalue weighted by atomic mass is 10.2. The summed E-state index contributed by atoms with van der Waals surface area (Å²) in [5.74, 6) is 0.439. The molecule has 0 aliphatic rings. The molecular formula is C14H11FN2O. The molecule has 0 fully saturated rings. The molecule has 2 aromatic carbocycles. The summed E-state index contributed by atoms with van der Waals surface area (Å²) in [6.07, 6.45) is 0. The molecule has 0 amide bonds. The Balaban J connectivity index is 1.81. The van der Waals surface area contributed by atoms with Crippen LogP contribution in [0.25, 0.3) is 11.0 Å². The molecule has 3 aromatic rings. The van der Waals surface area contributed by atoms with E-state index < -0.39 is 0 Å². The second-order valence-electron chi connectivity index (χ2n) is 4.01. The fraction of sp³-hybridized carbons (Fsp3) is 0.0714. The Hall–Kier alpha value is -2.36. The summed E-state index contributed by atoms with van der Waals surface area (Å²) in [6.45, 7) is 0.508. The Kier molecular flexibility index (Phi) is 2.68. The van der Waals surface area contributed by atoms with Crippen molar-refractivity contribution < 1.29 is 8.91 Å². The van der Waals surface area contributed by atoms with Crippen molar-refractivity contribution in [2.75, 3.05) is 5.32 Å². The number of aromatic nitrogens is 1. The highest BCUT2D eigenvalue weighted by atomic mass is 19.1. The maximum absolute atomic E-state index is 13.0. The number of fused-ring (bicyclic) bond motifs is 1. The van der Waals surface area contributed by atoms with Crippen LogP contribution in [0, 0.1) is 5.82 Å². The standard InChI is InChI=1S/C14H11FN2O/c15-11-5-3-4-10(8-11)9-16-14-12-6-1-2-7-13(12)18-17-14/h1-8H,9H2,(H,16,17). The predicted molar refractivity (Wildman–Crippen MR) is 67.7 cm³/mol. The molecule has 0 saturated carbocycles. The third-order valence-electron chi connectivity index (χ3n) is 2.73. The van der Waals surface area contributed by atoms with Gasteiger partial charge in [-0.2, -0.15) is 0 Å². The summed E-state index contributed by atoms with van der Waals surface area (Å²) in [7, 11) is 0. The Labute approximate surface area is 103 Å². The molecule has 3 nitrogen and oxygen atoms in total. The highest BCUT2D eigenvalue weighted by Crippen LogP contribution is 2.22. The monoisotopic (exact) mass is 242 g/mol. The molecule has 1 heterocycles. The first-order valence-corrected chi connectivity index (χ1v) is 5.66.